The topological polar surface area (TPSA) is 42.9 Å². The van der Waals surface area contributed by atoms with Gasteiger partial charge < -0.3 is 0 Å². The number of aromatic nitrogens is 2. The highest BCUT2D eigenvalue weighted by molar-refractivity contribution is 6.11. The molecule has 2 aromatic carbocycles. The Hall–Kier alpha value is -3.07. The number of carbonyl (C=O) groups excluding carboxylic acids is 1. The van der Waals surface area contributed by atoms with E-state index in [-0.39, 0.29) is 5.92 Å². The van der Waals surface area contributed by atoms with Crippen LogP contribution in [0.1, 0.15) is 31.4 Å². The SMILES string of the molecule is CC(C)C1C=CC2=C(CCc3c2ccc2c(-c4cnccn4)cccc32)C1=O. The Bertz CT molecular complexity index is 1160. The highest BCUT2D eigenvalue weighted by Gasteiger charge is 2.31. The van der Waals surface area contributed by atoms with Gasteiger partial charge in [0.05, 0.1) is 11.9 Å². The Balaban J connectivity index is 1.68. The summed E-state index contributed by atoms with van der Waals surface area (Å²) in [4.78, 5) is 21.7. The van der Waals surface area contributed by atoms with Gasteiger partial charge >= 0.3 is 0 Å². The summed E-state index contributed by atoms with van der Waals surface area (Å²) in [5.74, 6) is 0.668. The minimum absolute atomic E-state index is 0.0176. The van der Waals surface area contributed by atoms with Crippen molar-refractivity contribution in [2.24, 2.45) is 11.8 Å². The van der Waals surface area contributed by atoms with Gasteiger partial charge in [0.15, 0.2) is 5.78 Å². The summed E-state index contributed by atoms with van der Waals surface area (Å²) in [5.41, 5.74) is 6.66. The van der Waals surface area contributed by atoms with Crippen LogP contribution in [0, 0.1) is 11.8 Å². The second-order valence-electron chi connectivity index (χ2n) is 7.97. The highest BCUT2D eigenvalue weighted by atomic mass is 16.1. The number of rotatable bonds is 2. The zero-order valence-electron chi connectivity index (χ0n) is 16.1. The molecule has 0 radical (unpaired) electrons. The molecule has 0 spiro atoms. The van der Waals surface area contributed by atoms with Crippen LogP contribution < -0.4 is 0 Å². The van der Waals surface area contributed by atoms with Crippen LogP contribution >= 0.6 is 0 Å². The van der Waals surface area contributed by atoms with Crippen molar-refractivity contribution in [3.05, 3.63) is 77.8 Å². The molecule has 138 valence electrons. The Morgan fingerprint density at radius 2 is 1.89 bits per heavy atom. The quantitative estimate of drug-likeness (QED) is 0.609. The molecule has 0 saturated heterocycles. The standard InChI is InChI=1S/C25H22N2O/c1-15(2)16-6-7-21-19-8-9-20-17(18(19)10-11-23(21)25(16)28)4-3-5-22(20)24-14-26-12-13-27-24/h3-9,12-16H,10-11H2,1-2H3. The van der Waals surface area contributed by atoms with Gasteiger partial charge in [-0.15, -0.1) is 0 Å². The van der Waals surface area contributed by atoms with E-state index in [9.17, 15) is 4.79 Å². The summed E-state index contributed by atoms with van der Waals surface area (Å²) in [6.45, 7) is 4.24. The molecular formula is C25H22N2O. The average Bonchev–Trinajstić information content (AvgIpc) is 2.73. The first kappa shape index (κ1) is 17.1. The molecule has 1 unspecified atom stereocenters. The van der Waals surface area contributed by atoms with Gasteiger partial charge in [0, 0.05) is 29.4 Å². The van der Waals surface area contributed by atoms with Gasteiger partial charge in [-0.05, 0) is 46.2 Å². The van der Waals surface area contributed by atoms with E-state index in [1.165, 1.54) is 21.9 Å². The third-order valence-electron chi connectivity index (χ3n) is 6.04. The number of carbonyl (C=O) groups is 1. The lowest BCUT2D eigenvalue weighted by atomic mass is 9.74. The molecule has 28 heavy (non-hydrogen) atoms. The lowest BCUT2D eigenvalue weighted by Crippen LogP contribution is -2.25. The first-order valence-electron chi connectivity index (χ1n) is 9.92. The summed E-state index contributed by atoms with van der Waals surface area (Å²) >= 11 is 0. The predicted octanol–water partition coefficient (Wildman–Crippen LogP) is 5.41. The molecule has 2 aliphatic rings. The van der Waals surface area contributed by atoms with Crippen LogP contribution in [0.25, 0.3) is 27.6 Å². The fourth-order valence-corrected chi connectivity index (χ4v) is 4.61. The third-order valence-corrected chi connectivity index (χ3v) is 6.04. The number of nitrogens with zero attached hydrogens (tertiary/aromatic N) is 2. The van der Waals surface area contributed by atoms with Gasteiger partial charge in [0.25, 0.3) is 0 Å². The van der Waals surface area contributed by atoms with E-state index in [1.807, 2.05) is 6.20 Å². The maximum atomic E-state index is 13.0. The summed E-state index contributed by atoms with van der Waals surface area (Å²) in [6.07, 6.45) is 11.2. The van der Waals surface area contributed by atoms with Crippen molar-refractivity contribution >= 4 is 22.1 Å². The summed E-state index contributed by atoms with van der Waals surface area (Å²) in [5, 5.41) is 2.44. The van der Waals surface area contributed by atoms with E-state index in [0.717, 1.165) is 35.2 Å². The molecular weight excluding hydrogens is 344 g/mol. The van der Waals surface area contributed by atoms with Crippen molar-refractivity contribution in [3.63, 3.8) is 0 Å². The van der Waals surface area contributed by atoms with E-state index in [2.05, 4.69) is 66.3 Å². The zero-order valence-corrected chi connectivity index (χ0v) is 16.1. The predicted molar refractivity (Wildman–Crippen MR) is 113 cm³/mol. The molecule has 1 atom stereocenters. The monoisotopic (exact) mass is 366 g/mol. The molecule has 1 aromatic heterocycles. The van der Waals surface area contributed by atoms with Gasteiger partial charge in [0.1, 0.15) is 0 Å². The number of Topliss-reactive ketones (excluding diaryl/α,β-unsaturated/α-hetero) is 1. The number of ketones is 1. The van der Waals surface area contributed by atoms with Gasteiger partial charge in [-0.25, -0.2) is 0 Å². The largest absolute Gasteiger partial charge is 0.294 e. The molecule has 0 fully saturated rings. The van der Waals surface area contributed by atoms with Crippen LogP contribution in [0.2, 0.25) is 0 Å². The average molecular weight is 366 g/mol. The minimum Gasteiger partial charge on any atom is -0.294 e. The van der Waals surface area contributed by atoms with E-state index >= 15 is 0 Å². The van der Waals surface area contributed by atoms with E-state index < -0.39 is 0 Å². The molecule has 0 amide bonds. The van der Waals surface area contributed by atoms with E-state index in [4.69, 9.17) is 0 Å². The Morgan fingerprint density at radius 3 is 2.68 bits per heavy atom. The molecule has 1 heterocycles. The molecule has 0 saturated carbocycles. The lowest BCUT2D eigenvalue weighted by molar-refractivity contribution is -0.119. The van der Waals surface area contributed by atoms with Crippen LogP contribution in [0.4, 0.5) is 0 Å². The van der Waals surface area contributed by atoms with Crippen molar-refractivity contribution in [1.29, 1.82) is 0 Å². The van der Waals surface area contributed by atoms with Crippen LogP contribution in [0.15, 0.2) is 66.6 Å². The number of benzene rings is 2. The molecule has 5 rings (SSSR count). The Morgan fingerprint density at radius 1 is 1.00 bits per heavy atom. The molecule has 0 N–H and O–H groups in total. The summed E-state index contributed by atoms with van der Waals surface area (Å²) in [7, 11) is 0. The van der Waals surface area contributed by atoms with Crippen LogP contribution in [-0.4, -0.2) is 15.8 Å². The number of fused-ring (bicyclic) bond motifs is 4. The molecule has 2 aliphatic carbocycles. The number of allylic oxidation sites excluding steroid dienone is 4. The van der Waals surface area contributed by atoms with Crippen molar-refractivity contribution in [2.75, 3.05) is 0 Å². The van der Waals surface area contributed by atoms with Crippen molar-refractivity contribution in [1.82, 2.24) is 9.97 Å². The van der Waals surface area contributed by atoms with Crippen molar-refractivity contribution in [3.8, 4) is 11.3 Å². The third kappa shape index (κ3) is 2.54. The maximum Gasteiger partial charge on any atom is 0.166 e. The first-order valence-corrected chi connectivity index (χ1v) is 9.92. The van der Waals surface area contributed by atoms with E-state index in [1.54, 1.807) is 12.4 Å². The molecule has 0 aliphatic heterocycles. The van der Waals surface area contributed by atoms with Crippen LogP contribution in [0.3, 0.4) is 0 Å². The van der Waals surface area contributed by atoms with Crippen molar-refractivity contribution in [2.45, 2.75) is 26.7 Å². The van der Waals surface area contributed by atoms with Gasteiger partial charge in [-0.1, -0.05) is 56.3 Å². The molecule has 0 bridgehead atoms. The van der Waals surface area contributed by atoms with E-state index in [0.29, 0.717) is 11.7 Å². The first-order chi connectivity index (χ1) is 13.6. The van der Waals surface area contributed by atoms with Gasteiger partial charge in [-0.2, -0.15) is 0 Å². The molecule has 3 heteroatoms. The smallest absolute Gasteiger partial charge is 0.166 e. The normalized spacial score (nSPS) is 18.5. The maximum absolute atomic E-state index is 13.0. The summed E-state index contributed by atoms with van der Waals surface area (Å²) < 4.78 is 0. The molecule has 3 nitrogen and oxygen atoms in total. The highest BCUT2D eigenvalue weighted by Crippen LogP contribution is 2.42. The lowest BCUT2D eigenvalue weighted by Gasteiger charge is -2.29. The van der Waals surface area contributed by atoms with Gasteiger partial charge in [0.2, 0.25) is 0 Å². The number of hydrogen-bond acceptors (Lipinski definition) is 3. The Labute approximate surface area is 164 Å². The zero-order chi connectivity index (χ0) is 19.3. The second-order valence-corrected chi connectivity index (χ2v) is 7.97. The summed E-state index contributed by atoms with van der Waals surface area (Å²) in [6, 6.07) is 10.7. The Kier molecular flexibility index (Phi) is 3.97. The number of hydrogen-bond donors (Lipinski definition) is 0. The van der Waals surface area contributed by atoms with Crippen molar-refractivity contribution < 1.29 is 4.79 Å². The second kappa shape index (κ2) is 6.52. The van der Waals surface area contributed by atoms with Gasteiger partial charge in [-0.3, -0.25) is 14.8 Å². The number of aryl methyl sites for hydroxylation is 1. The fourth-order valence-electron chi connectivity index (χ4n) is 4.61. The molecule has 3 aromatic rings. The van der Waals surface area contributed by atoms with Crippen LogP contribution in [-0.2, 0) is 11.2 Å². The fraction of sp³-hybridized carbons (Fsp3) is 0.240. The minimum atomic E-state index is 0.0176. The van der Waals surface area contributed by atoms with Crippen LogP contribution in [0.5, 0.6) is 0 Å².